The van der Waals surface area contributed by atoms with Crippen LogP contribution in [-0.4, -0.2) is 29.1 Å². The van der Waals surface area contributed by atoms with Gasteiger partial charge in [0, 0.05) is 25.5 Å². The van der Waals surface area contributed by atoms with E-state index in [0.29, 0.717) is 6.17 Å². The molecule has 0 aliphatic carbocycles. The molecule has 0 aromatic heterocycles. The summed E-state index contributed by atoms with van der Waals surface area (Å²) in [6.45, 7) is 9.47. The topological polar surface area (TPSA) is 6.48 Å². The molecular weight excluding hydrogens is 448 g/mol. The molecule has 0 amide bonds. The normalized spacial score (nSPS) is 15.4. The van der Waals surface area contributed by atoms with Gasteiger partial charge in [-0.25, -0.2) is 0 Å². The monoisotopic (exact) mass is 519 g/mol. The third-order valence-corrected chi connectivity index (χ3v) is 8.57. The Hall–Kier alpha value is -0.660. The second-order valence-electron chi connectivity index (χ2n) is 12.2. The standard InChI is InChI=1S/C35H70N2/c1-4-7-10-13-15-17-18-19-20-21-23-26-29-32-37-34-33-36(31-28-25-12-9-6-3)35(37)30-27-24-22-16-14-11-8-5-2/h33-35H,4-32H2,1-3H3. The summed E-state index contributed by atoms with van der Waals surface area (Å²) in [4.78, 5) is 5.39. The number of rotatable bonds is 29. The van der Waals surface area contributed by atoms with Gasteiger partial charge in [0.05, 0.1) is 0 Å². The van der Waals surface area contributed by atoms with Gasteiger partial charge in [0.1, 0.15) is 6.17 Å². The Kier molecular flexibility index (Phi) is 25.0. The lowest BCUT2D eigenvalue weighted by molar-refractivity contribution is 0.135. The van der Waals surface area contributed by atoms with E-state index in [1.165, 1.54) is 186 Å². The molecular formula is C35H70N2. The van der Waals surface area contributed by atoms with Crippen LogP contribution in [0.5, 0.6) is 0 Å². The fourth-order valence-corrected chi connectivity index (χ4v) is 6.01. The van der Waals surface area contributed by atoms with Crippen molar-refractivity contribution >= 4 is 0 Å². The minimum absolute atomic E-state index is 0.642. The minimum Gasteiger partial charge on any atom is -0.356 e. The van der Waals surface area contributed by atoms with Crippen LogP contribution >= 0.6 is 0 Å². The Bertz CT molecular complexity index is 474. The van der Waals surface area contributed by atoms with Crippen molar-refractivity contribution in [1.29, 1.82) is 0 Å². The number of hydrogen-bond acceptors (Lipinski definition) is 2. The number of hydrogen-bond donors (Lipinski definition) is 0. The predicted molar refractivity (Wildman–Crippen MR) is 168 cm³/mol. The quantitative estimate of drug-likeness (QED) is 0.0908. The van der Waals surface area contributed by atoms with Crippen LogP contribution in [0, 0.1) is 0 Å². The molecule has 1 atom stereocenters. The van der Waals surface area contributed by atoms with Crippen molar-refractivity contribution in [1.82, 2.24) is 9.80 Å². The summed E-state index contributed by atoms with van der Waals surface area (Å²) in [5, 5.41) is 0. The zero-order chi connectivity index (χ0) is 26.7. The molecule has 37 heavy (non-hydrogen) atoms. The van der Waals surface area contributed by atoms with Gasteiger partial charge in [-0.15, -0.1) is 0 Å². The Morgan fingerprint density at radius 1 is 0.351 bits per heavy atom. The van der Waals surface area contributed by atoms with E-state index in [-0.39, 0.29) is 0 Å². The van der Waals surface area contributed by atoms with E-state index in [2.05, 4.69) is 43.0 Å². The zero-order valence-corrected chi connectivity index (χ0v) is 26.1. The van der Waals surface area contributed by atoms with E-state index in [1.54, 1.807) is 0 Å². The third kappa shape index (κ3) is 20.0. The first-order valence-corrected chi connectivity index (χ1v) is 17.5. The van der Waals surface area contributed by atoms with Crippen LogP contribution in [0.2, 0.25) is 0 Å². The summed E-state index contributed by atoms with van der Waals surface area (Å²) in [7, 11) is 0. The maximum atomic E-state index is 2.70. The zero-order valence-electron chi connectivity index (χ0n) is 26.1. The molecule has 0 N–H and O–H groups in total. The fourth-order valence-electron chi connectivity index (χ4n) is 6.01. The average Bonchev–Trinajstić information content (AvgIpc) is 3.29. The highest BCUT2D eigenvalue weighted by Crippen LogP contribution is 2.24. The molecule has 0 radical (unpaired) electrons. The average molecular weight is 519 g/mol. The summed E-state index contributed by atoms with van der Waals surface area (Å²) in [5.41, 5.74) is 0. The molecule has 0 saturated heterocycles. The molecule has 1 unspecified atom stereocenters. The molecule has 0 spiro atoms. The number of unbranched alkanes of at least 4 members (excludes halogenated alkanes) is 23. The molecule has 2 heteroatoms. The van der Waals surface area contributed by atoms with Gasteiger partial charge in [-0.2, -0.15) is 0 Å². The molecule has 0 bridgehead atoms. The van der Waals surface area contributed by atoms with E-state index in [9.17, 15) is 0 Å². The van der Waals surface area contributed by atoms with E-state index >= 15 is 0 Å². The van der Waals surface area contributed by atoms with Crippen molar-refractivity contribution in [3.05, 3.63) is 12.4 Å². The first kappa shape index (κ1) is 34.4. The highest BCUT2D eigenvalue weighted by molar-refractivity contribution is 4.97. The van der Waals surface area contributed by atoms with Crippen LogP contribution < -0.4 is 0 Å². The maximum absolute atomic E-state index is 2.70. The summed E-state index contributed by atoms with van der Waals surface area (Å²) in [6.07, 6.45) is 44.0. The van der Waals surface area contributed by atoms with Gasteiger partial charge in [0.15, 0.2) is 0 Å². The van der Waals surface area contributed by atoms with Crippen LogP contribution in [0.3, 0.4) is 0 Å². The van der Waals surface area contributed by atoms with E-state index in [4.69, 9.17) is 0 Å². The van der Waals surface area contributed by atoms with Gasteiger partial charge < -0.3 is 9.80 Å². The molecule has 2 nitrogen and oxygen atoms in total. The Morgan fingerprint density at radius 2 is 0.622 bits per heavy atom. The number of nitrogens with zero attached hydrogens (tertiary/aromatic N) is 2. The lowest BCUT2D eigenvalue weighted by Crippen LogP contribution is -2.39. The van der Waals surface area contributed by atoms with Crippen molar-refractivity contribution in [3.63, 3.8) is 0 Å². The van der Waals surface area contributed by atoms with Crippen LogP contribution in [0.4, 0.5) is 0 Å². The van der Waals surface area contributed by atoms with Crippen molar-refractivity contribution in [2.75, 3.05) is 13.1 Å². The van der Waals surface area contributed by atoms with Gasteiger partial charge in [0.25, 0.3) is 0 Å². The van der Waals surface area contributed by atoms with Gasteiger partial charge in [-0.05, 0) is 25.7 Å². The van der Waals surface area contributed by atoms with Crippen LogP contribution in [0.25, 0.3) is 0 Å². The maximum Gasteiger partial charge on any atom is 0.101 e. The van der Waals surface area contributed by atoms with Crippen molar-refractivity contribution in [3.8, 4) is 0 Å². The van der Waals surface area contributed by atoms with Crippen LogP contribution in [0.15, 0.2) is 12.4 Å². The van der Waals surface area contributed by atoms with E-state index < -0.39 is 0 Å². The third-order valence-electron chi connectivity index (χ3n) is 8.57. The molecule has 0 aromatic carbocycles. The summed E-state index contributed by atoms with van der Waals surface area (Å²) < 4.78 is 0. The van der Waals surface area contributed by atoms with Crippen molar-refractivity contribution in [2.24, 2.45) is 0 Å². The van der Waals surface area contributed by atoms with Crippen LogP contribution in [-0.2, 0) is 0 Å². The molecule has 220 valence electrons. The van der Waals surface area contributed by atoms with Crippen molar-refractivity contribution < 1.29 is 0 Å². The predicted octanol–water partition coefficient (Wildman–Crippen LogP) is 12.0. The Balaban J connectivity index is 2.17. The van der Waals surface area contributed by atoms with Crippen molar-refractivity contribution in [2.45, 2.75) is 200 Å². The summed E-state index contributed by atoms with van der Waals surface area (Å²) in [5.74, 6) is 0. The van der Waals surface area contributed by atoms with E-state index in [1.807, 2.05) is 0 Å². The molecule has 0 saturated carbocycles. The van der Waals surface area contributed by atoms with Crippen LogP contribution in [0.1, 0.15) is 194 Å². The van der Waals surface area contributed by atoms with Gasteiger partial charge >= 0.3 is 0 Å². The van der Waals surface area contributed by atoms with Gasteiger partial charge in [-0.1, -0.05) is 168 Å². The Labute approximate surface area is 235 Å². The second-order valence-corrected chi connectivity index (χ2v) is 12.2. The lowest BCUT2D eigenvalue weighted by atomic mass is 10.0. The fraction of sp³-hybridized carbons (Fsp3) is 0.943. The lowest BCUT2D eigenvalue weighted by Gasteiger charge is -2.33. The first-order valence-electron chi connectivity index (χ1n) is 17.5. The molecule has 1 aliphatic heterocycles. The molecule has 0 aromatic rings. The molecule has 1 rings (SSSR count). The molecule has 0 fully saturated rings. The highest BCUT2D eigenvalue weighted by Gasteiger charge is 2.24. The van der Waals surface area contributed by atoms with Gasteiger partial charge in [0.2, 0.25) is 0 Å². The Morgan fingerprint density at radius 3 is 0.946 bits per heavy atom. The molecule has 1 heterocycles. The SMILES string of the molecule is CCCCCCCCCCCCCCCN1C=CN(CCCCCCC)C1CCCCCCCCCC. The molecule has 1 aliphatic rings. The van der Waals surface area contributed by atoms with E-state index in [0.717, 1.165) is 0 Å². The second kappa shape index (κ2) is 26.9. The summed E-state index contributed by atoms with van der Waals surface area (Å²) in [6, 6.07) is 0. The largest absolute Gasteiger partial charge is 0.356 e. The summed E-state index contributed by atoms with van der Waals surface area (Å²) >= 11 is 0. The van der Waals surface area contributed by atoms with Gasteiger partial charge in [-0.3, -0.25) is 0 Å². The highest BCUT2D eigenvalue weighted by atomic mass is 15.4. The smallest absolute Gasteiger partial charge is 0.101 e. The minimum atomic E-state index is 0.642. The first-order chi connectivity index (χ1) is 18.3.